The van der Waals surface area contributed by atoms with Crippen molar-refractivity contribution < 1.29 is 4.74 Å². The third kappa shape index (κ3) is 1.27. The predicted octanol–water partition coefficient (Wildman–Crippen LogP) is 1.90. The Bertz CT molecular complexity index is 424. The average Bonchev–Trinajstić information content (AvgIpc) is 2.93. The molecule has 0 saturated heterocycles. The summed E-state index contributed by atoms with van der Waals surface area (Å²) < 4.78 is 7.23. The lowest BCUT2D eigenvalue weighted by atomic mass is 10.2. The molecule has 2 aliphatic rings. The van der Waals surface area contributed by atoms with Gasteiger partial charge in [-0.1, -0.05) is 12.8 Å². The Kier molecular flexibility index (Phi) is 2.00. The van der Waals surface area contributed by atoms with Gasteiger partial charge in [-0.05, 0) is 12.8 Å². The van der Waals surface area contributed by atoms with E-state index >= 15 is 0 Å². The summed E-state index contributed by atoms with van der Waals surface area (Å²) in [6, 6.07) is 2.72. The molecule has 3 rings (SSSR count). The minimum Gasteiger partial charge on any atom is -0.370 e. The van der Waals surface area contributed by atoms with Gasteiger partial charge < -0.3 is 4.74 Å². The van der Waals surface area contributed by atoms with Crippen molar-refractivity contribution in [2.75, 3.05) is 0 Å². The van der Waals surface area contributed by atoms with Crippen molar-refractivity contribution in [3.8, 4) is 6.07 Å². The van der Waals surface area contributed by atoms with Gasteiger partial charge in [0.15, 0.2) is 0 Å². The highest BCUT2D eigenvalue weighted by atomic mass is 16.5. The van der Waals surface area contributed by atoms with Crippen LogP contribution in [-0.2, 0) is 18.0 Å². The number of fused-ring (bicyclic) bond motifs is 1. The van der Waals surface area contributed by atoms with Crippen LogP contribution in [0.2, 0.25) is 0 Å². The molecule has 1 aromatic rings. The molecule has 0 N–H and O–H groups in total. The molecule has 1 aromatic heterocycles. The summed E-state index contributed by atoms with van der Waals surface area (Å²) in [6.45, 7) is 1.13. The molecule has 1 aliphatic carbocycles. The monoisotopic (exact) mass is 203 g/mol. The average molecular weight is 203 g/mol. The molecule has 1 fully saturated rings. The van der Waals surface area contributed by atoms with Crippen molar-refractivity contribution >= 4 is 0 Å². The third-order valence-corrected chi connectivity index (χ3v) is 3.35. The van der Waals surface area contributed by atoms with Gasteiger partial charge in [-0.25, -0.2) is 0 Å². The van der Waals surface area contributed by atoms with Crippen LogP contribution in [-0.4, -0.2) is 9.78 Å². The van der Waals surface area contributed by atoms with E-state index < -0.39 is 0 Å². The van der Waals surface area contributed by atoms with Crippen molar-refractivity contribution in [1.29, 1.82) is 5.26 Å². The van der Waals surface area contributed by atoms with Gasteiger partial charge in [0.2, 0.25) is 0 Å². The summed E-state index contributed by atoms with van der Waals surface area (Å²) in [5.74, 6) is 0. The first kappa shape index (κ1) is 8.93. The van der Waals surface area contributed by atoms with Gasteiger partial charge in [0.05, 0.1) is 24.9 Å². The maximum Gasteiger partial charge on any atom is 0.144 e. The van der Waals surface area contributed by atoms with E-state index in [4.69, 9.17) is 10.00 Å². The first-order chi connectivity index (χ1) is 7.40. The molecule has 4 heteroatoms. The number of hydrogen-bond donors (Lipinski definition) is 0. The Hall–Kier alpha value is -1.34. The fraction of sp³-hybridized carbons (Fsp3) is 0.636. The fourth-order valence-electron chi connectivity index (χ4n) is 2.56. The minimum absolute atomic E-state index is 0.449. The molecule has 78 valence electrons. The SMILES string of the molecule is N#Cc1c2c(nn1C1CCCC1)COC2. The summed E-state index contributed by atoms with van der Waals surface area (Å²) in [5.41, 5.74) is 2.72. The largest absolute Gasteiger partial charge is 0.370 e. The van der Waals surface area contributed by atoms with Crippen molar-refractivity contribution in [3.05, 3.63) is 17.0 Å². The van der Waals surface area contributed by atoms with E-state index in [1.165, 1.54) is 12.8 Å². The molecular formula is C11H13N3O. The fourth-order valence-corrected chi connectivity index (χ4v) is 2.56. The Morgan fingerprint density at radius 1 is 1.33 bits per heavy atom. The number of rotatable bonds is 1. The Labute approximate surface area is 88.5 Å². The second kappa shape index (κ2) is 3.35. The van der Waals surface area contributed by atoms with Crippen LogP contribution in [0.5, 0.6) is 0 Å². The number of nitrogens with zero attached hydrogens (tertiary/aromatic N) is 3. The van der Waals surface area contributed by atoms with Crippen molar-refractivity contribution in [3.63, 3.8) is 0 Å². The Morgan fingerprint density at radius 2 is 2.13 bits per heavy atom. The maximum absolute atomic E-state index is 9.17. The van der Waals surface area contributed by atoms with E-state index in [-0.39, 0.29) is 0 Å². The van der Waals surface area contributed by atoms with Crippen LogP contribution in [0, 0.1) is 11.3 Å². The smallest absolute Gasteiger partial charge is 0.144 e. The molecule has 2 heterocycles. The van der Waals surface area contributed by atoms with Gasteiger partial charge in [-0.3, -0.25) is 4.68 Å². The summed E-state index contributed by atoms with van der Waals surface area (Å²) in [7, 11) is 0. The Balaban J connectivity index is 2.04. The van der Waals surface area contributed by atoms with E-state index in [0.717, 1.165) is 29.8 Å². The highest BCUT2D eigenvalue weighted by Gasteiger charge is 2.27. The van der Waals surface area contributed by atoms with Crippen LogP contribution < -0.4 is 0 Å². The number of ether oxygens (including phenoxy) is 1. The van der Waals surface area contributed by atoms with Crippen molar-refractivity contribution in [2.45, 2.75) is 44.9 Å². The van der Waals surface area contributed by atoms with Crippen LogP contribution in [0.3, 0.4) is 0 Å². The maximum atomic E-state index is 9.17. The third-order valence-electron chi connectivity index (χ3n) is 3.35. The number of aromatic nitrogens is 2. The molecule has 0 amide bonds. The van der Waals surface area contributed by atoms with Gasteiger partial charge >= 0.3 is 0 Å². The zero-order valence-electron chi connectivity index (χ0n) is 8.57. The topological polar surface area (TPSA) is 50.8 Å². The number of nitriles is 1. The lowest BCUT2D eigenvalue weighted by molar-refractivity contribution is 0.130. The first-order valence-corrected chi connectivity index (χ1v) is 5.48. The van der Waals surface area contributed by atoms with Crippen LogP contribution in [0.1, 0.15) is 48.7 Å². The summed E-state index contributed by atoms with van der Waals surface area (Å²) in [6.07, 6.45) is 4.85. The van der Waals surface area contributed by atoms with Crippen LogP contribution >= 0.6 is 0 Å². The summed E-state index contributed by atoms with van der Waals surface area (Å²) in [4.78, 5) is 0. The van der Waals surface area contributed by atoms with Crippen molar-refractivity contribution in [2.24, 2.45) is 0 Å². The standard InChI is InChI=1S/C11H13N3O/c12-5-11-9-6-15-7-10(9)13-14(11)8-3-1-2-4-8/h8H,1-4,6-7H2. The first-order valence-electron chi connectivity index (χ1n) is 5.48. The van der Waals surface area contributed by atoms with Crippen LogP contribution in [0.15, 0.2) is 0 Å². The zero-order chi connectivity index (χ0) is 10.3. The van der Waals surface area contributed by atoms with Gasteiger partial charge in [0.25, 0.3) is 0 Å². The predicted molar refractivity (Wildman–Crippen MR) is 52.9 cm³/mol. The highest BCUT2D eigenvalue weighted by molar-refractivity contribution is 5.36. The second-order valence-corrected chi connectivity index (χ2v) is 4.26. The van der Waals surface area contributed by atoms with Gasteiger partial charge in [0.1, 0.15) is 11.8 Å². The van der Waals surface area contributed by atoms with Crippen LogP contribution in [0.25, 0.3) is 0 Å². The molecule has 0 unspecified atom stereocenters. The highest BCUT2D eigenvalue weighted by Crippen LogP contribution is 2.33. The molecule has 4 nitrogen and oxygen atoms in total. The van der Waals surface area contributed by atoms with Crippen molar-refractivity contribution in [1.82, 2.24) is 9.78 Å². The van der Waals surface area contributed by atoms with E-state index in [2.05, 4.69) is 11.2 Å². The molecule has 0 radical (unpaired) electrons. The lowest BCUT2D eigenvalue weighted by Gasteiger charge is -2.11. The zero-order valence-corrected chi connectivity index (χ0v) is 8.57. The number of hydrogen-bond acceptors (Lipinski definition) is 3. The summed E-state index contributed by atoms with van der Waals surface area (Å²) >= 11 is 0. The molecule has 1 saturated carbocycles. The van der Waals surface area contributed by atoms with E-state index in [9.17, 15) is 0 Å². The van der Waals surface area contributed by atoms with E-state index in [1.807, 2.05) is 4.68 Å². The van der Waals surface area contributed by atoms with Gasteiger partial charge in [-0.15, -0.1) is 0 Å². The van der Waals surface area contributed by atoms with Gasteiger partial charge in [-0.2, -0.15) is 10.4 Å². The molecule has 0 spiro atoms. The molecule has 0 bridgehead atoms. The molecular weight excluding hydrogens is 190 g/mol. The molecule has 15 heavy (non-hydrogen) atoms. The quantitative estimate of drug-likeness (QED) is 0.700. The van der Waals surface area contributed by atoms with E-state index in [1.54, 1.807) is 0 Å². The molecule has 0 atom stereocenters. The molecule has 0 aromatic carbocycles. The summed E-state index contributed by atoms with van der Waals surface area (Å²) in [5, 5.41) is 13.7. The van der Waals surface area contributed by atoms with Gasteiger partial charge in [0, 0.05) is 5.56 Å². The van der Waals surface area contributed by atoms with E-state index in [0.29, 0.717) is 19.3 Å². The lowest BCUT2D eigenvalue weighted by Crippen LogP contribution is -2.10. The minimum atomic E-state index is 0.449. The second-order valence-electron chi connectivity index (χ2n) is 4.26. The molecule has 1 aliphatic heterocycles. The van der Waals surface area contributed by atoms with Crippen LogP contribution in [0.4, 0.5) is 0 Å². The Morgan fingerprint density at radius 3 is 2.87 bits per heavy atom. The normalized spacial score (nSPS) is 20.5.